The number of benzene rings is 1. The van der Waals surface area contributed by atoms with Crippen LogP contribution in [0.2, 0.25) is 0 Å². The summed E-state index contributed by atoms with van der Waals surface area (Å²) in [6, 6.07) is 11.2. The maximum atomic E-state index is 12.2. The number of aromatic nitrogens is 3. The molecule has 23 heavy (non-hydrogen) atoms. The molecule has 3 rings (SSSR count). The van der Waals surface area contributed by atoms with E-state index in [4.69, 9.17) is 4.74 Å². The van der Waals surface area contributed by atoms with Crippen LogP contribution < -0.4 is 15.6 Å². The highest BCUT2D eigenvalue weighted by Gasteiger charge is 2.10. The SMILES string of the molecule is CCCOc1ccccc1Nc1nnc(-c2cccs2)c(=O)[nH]1. The molecule has 0 saturated carbocycles. The number of hydrogen-bond acceptors (Lipinski definition) is 6. The van der Waals surface area contributed by atoms with Crippen LogP contribution in [-0.4, -0.2) is 21.8 Å². The van der Waals surface area contributed by atoms with E-state index in [1.165, 1.54) is 11.3 Å². The van der Waals surface area contributed by atoms with Gasteiger partial charge in [-0.05, 0) is 30.0 Å². The Morgan fingerprint density at radius 1 is 1.22 bits per heavy atom. The van der Waals surface area contributed by atoms with Gasteiger partial charge in [-0.3, -0.25) is 9.78 Å². The second-order valence-corrected chi connectivity index (χ2v) is 5.75. The summed E-state index contributed by atoms with van der Waals surface area (Å²) in [7, 11) is 0. The van der Waals surface area contributed by atoms with Gasteiger partial charge in [0.1, 0.15) is 5.75 Å². The van der Waals surface area contributed by atoms with E-state index in [0.717, 1.165) is 17.0 Å². The Morgan fingerprint density at radius 3 is 2.83 bits per heavy atom. The van der Waals surface area contributed by atoms with E-state index in [0.29, 0.717) is 18.1 Å². The lowest BCUT2D eigenvalue weighted by molar-refractivity contribution is 0.319. The molecule has 0 atom stereocenters. The van der Waals surface area contributed by atoms with Crippen LogP contribution in [0.5, 0.6) is 5.75 Å². The van der Waals surface area contributed by atoms with Crippen molar-refractivity contribution < 1.29 is 4.74 Å². The van der Waals surface area contributed by atoms with Crippen LogP contribution in [-0.2, 0) is 0 Å². The number of nitrogens with one attached hydrogen (secondary N) is 2. The quantitative estimate of drug-likeness (QED) is 0.725. The third kappa shape index (κ3) is 3.57. The summed E-state index contributed by atoms with van der Waals surface area (Å²) >= 11 is 1.45. The summed E-state index contributed by atoms with van der Waals surface area (Å²) in [5.41, 5.74) is 0.771. The molecule has 0 radical (unpaired) electrons. The number of ether oxygens (including phenoxy) is 1. The topological polar surface area (TPSA) is 79.9 Å². The fraction of sp³-hybridized carbons (Fsp3) is 0.188. The monoisotopic (exact) mass is 328 g/mol. The highest BCUT2D eigenvalue weighted by molar-refractivity contribution is 7.13. The van der Waals surface area contributed by atoms with Crippen LogP contribution >= 0.6 is 11.3 Å². The zero-order chi connectivity index (χ0) is 16.1. The van der Waals surface area contributed by atoms with E-state index in [1.54, 1.807) is 0 Å². The zero-order valence-electron chi connectivity index (χ0n) is 12.6. The molecule has 0 spiro atoms. The van der Waals surface area contributed by atoms with Crippen molar-refractivity contribution in [3.63, 3.8) is 0 Å². The first-order valence-corrected chi connectivity index (χ1v) is 8.15. The van der Waals surface area contributed by atoms with E-state index in [2.05, 4.69) is 20.5 Å². The van der Waals surface area contributed by atoms with Gasteiger partial charge < -0.3 is 10.1 Å². The Labute approximate surface area is 137 Å². The Hall–Kier alpha value is -2.67. The molecule has 1 aromatic carbocycles. The molecular formula is C16H16N4O2S. The van der Waals surface area contributed by atoms with Gasteiger partial charge in [0.15, 0.2) is 5.69 Å². The van der Waals surface area contributed by atoms with Gasteiger partial charge in [0.25, 0.3) is 5.56 Å². The molecule has 7 heteroatoms. The smallest absolute Gasteiger partial charge is 0.280 e. The number of H-pyrrole nitrogens is 1. The van der Waals surface area contributed by atoms with E-state index in [9.17, 15) is 4.79 Å². The largest absolute Gasteiger partial charge is 0.491 e. The van der Waals surface area contributed by atoms with Gasteiger partial charge in [0.05, 0.1) is 17.2 Å². The van der Waals surface area contributed by atoms with Crippen LogP contribution in [0, 0.1) is 0 Å². The maximum Gasteiger partial charge on any atom is 0.280 e. The lowest BCUT2D eigenvalue weighted by Crippen LogP contribution is -2.15. The number of rotatable bonds is 6. The number of para-hydroxylation sites is 2. The first-order valence-electron chi connectivity index (χ1n) is 7.27. The fourth-order valence-corrected chi connectivity index (χ4v) is 2.71. The standard InChI is InChI=1S/C16H16N4O2S/c1-2-9-22-12-7-4-3-6-11(12)17-16-18-15(21)14(19-20-16)13-8-5-10-23-13/h3-8,10H,2,9H2,1H3,(H2,17,18,20,21). The lowest BCUT2D eigenvalue weighted by atomic mass is 10.3. The molecule has 2 heterocycles. The fourth-order valence-electron chi connectivity index (χ4n) is 2.00. The van der Waals surface area contributed by atoms with Gasteiger partial charge in [-0.15, -0.1) is 21.5 Å². The van der Waals surface area contributed by atoms with Crippen LogP contribution in [0.4, 0.5) is 11.6 Å². The van der Waals surface area contributed by atoms with Gasteiger partial charge in [-0.25, -0.2) is 0 Å². The van der Waals surface area contributed by atoms with Gasteiger partial charge in [-0.1, -0.05) is 25.1 Å². The molecule has 2 N–H and O–H groups in total. The average molecular weight is 328 g/mol. The van der Waals surface area contributed by atoms with Crippen molar-refractivity contribution in [3.05, 3.63) is 52.1 Å². The van der Waals surface area contributed by atoms with Crippen molar-refractivity contribution in [3.8, 4) is 16.3 Å². The van der Waals surface area contributed by atoms with Crippen LogP contribution in [0.25, 0.3) is 10.6 Å². The Bertz CT molecular complexity index is 830. The minimum Gasteiger partial charge on any atom is -0.491 e. The number of nitrogens with zero attached hydrogens (tertiary/aromatic N) is 2. The average Bonchev–Trinajstić information content (AvgIpc) is 3.08. The van der Waals surface area contributed by atoms with Crippen molar-refractivity contribution in [2.75, 3.05) is 11.9 Å². The third-order valence-electron chi connectivity index (χ3n) is 3.05. The van der Waals surface area contributed by atoms with Crippen LogP contribution in [0.3, 0.4) is 0 Å². The molecule has 0 unspecified atom stereocenters. The molecule has 0 amide bonds. The molecular weight excluding hydrogens is 312 g/mol. The predicted octanol–water partition coefficient (Wildman–Crippen LogP) is 3.43. The predicted molar refractivity (Wildman–Crippen MR) is 91.5 cm³/mol. The molecule has 0 aliphatic carbocycles. The molecule has 3 aromatic rings. The summed E-state index contributed by atoms with van der Waals surface area (Å²) in [6.45, 7) is 2.67. The molecule has 0 saturated heterocycles. The summed E-state index contributed by atoms with van der Waals surface area (Å²) < 4.78 is 5.67. The number of anilines is 2. The van der Waals surface area contributed by atoms with Crippen molar-refractivity contribution in [1.82, 2.24) is 15.2 Å². The highest BCUT2D eigenvalue weighted by Crippen LogP contribution is 2.26. The first kappa shape index (κ1) is 15.2. The number of thiophene rings is 1. The van der Waals surface area contributed by atoms with E-state index >= 15 is 0 Å². The molecule has 6 nitrogen and oxygen atoms in total. The first-order chi connectivity index (χ1) is 11.3. The Morgan fingerprint density at radius 2 is 2.09 bits per heavy atom. The normalized spacial score (nSPS) is 10.5. The second-order valence-electron chi connectivity index (χ2n) is 4.80. The molecule has 118 valence electrons. The minimum atomic E-state index is -0.281. The van der Waals surface area contributed by atoms with Gasteiger partial charge >= 0.3 is 0 Å². The van der Waals surface area contributed by atoms with Gasteiger partial charge in [0, 0.05) is 0 Å². The number of hydrogen-bond donors (Lipinski definition) is 2. The number of aromatic amines is 1. The molecule has 0 aliphatic heterocycles. The van der Waals surface area contributed by atoms with E-state index in [1.807, 2.05) is 48.7 Å². The van der Waals surface area contributed by atoms with Crippen molar-refractivity contribution in [2.24, 2.45) is 0 Å². The van der Waals surface area contributed by atoms with Gasteiger partial charge in [0.2, 0.25) is 5.95 Å². The third-order valence-corrected chi connectivity index (χ3v) is 3.93. The van der Waals surface area contributed by atoms with E-state index < -0.39 is 0 Å². The zero-order valence-corrected chi connectivity index (χ0v) is 13.4. The summed E-state index contributed by atoms with van der Waals surface area (Å²) in [4.78, 5) is 15.7. The Balaban J connectivity index is 1.84. The summed E-state index contributed by atoms with van der Waals surface area (Å²) in [6.07, 6.45) is 0.917. The minimum absolute atomic E-state index is 0.280. The highest BCUT2D eigenvalue weighted by atomic mass is 32.1. The van der Waals surface area contributed by atoms with Crippen LogP contribution in [0.1, 0.15) is 13.3 Å². The van der Waals surface area contributed by atoms with Crippen molar-refractivity contribution >= 4 is 23.0 Å². The van der Waals surface area contributed by atoms with Crippen molar-refractivity contribution in [1.29, 1.82) is 0 Å². The summed E-state index contributed by atoms with van der Waals surface area (Å²) in [5.74, 6) is 0.988. The van der Waals surface area contributed by atoms with E-state index in [-0.39, 0.29) is 11.5 Å². The van der Waals surface area contributed by atoms with Crippen LogP contribution in [0.15, 0.2) is 46.6 Å². The molecule has 0 aliphatic rings. The molecule has 2 aromatic heterocycles. The Kier molecular flexibility index (Phi) is 4.68. The second kappa shape index (κ2) is 7.06. The maximum absolute atomic E-state index is 12.2. The summed E-state index contributed by atoms with van der Waals surface area (Å²) in [5, 5.41) is 13.0. The molecule has 0 bridgehead atoms. The van der Waals surface area contributed by atoms with Gasteiger partial charge in [-0.2, -0.15) is 0 Å². The molecule has 0 fully saturated rings. The van der Waals surface area contributed by atoms with Crippen molar-refractivity contribution in [2.45, 2.75) is 13.3 Å². The lowest BCUT2D eigenvalue weighted by Gasteiger charge is -2.11.